The van der Waals surface area contributed by atoms with E-state index >= 15 is 0 Å². The average molecular weight is 434 g/mol. The Morgan fingerprint density at radius 1 is 1.23 bits per heavy atom. The van der Waals surface area contributed by atoms with Crippen molar-refractivity contribution in [3.63, 3.8) is 0 Å². The third-order valence-electron chi connectivity index (χ3n) is 5.57. The Kier molecular flexibility index (Phi) is 7.60. The van der Waals surface area contributed by atoms with Crippen LogP contribution >= 0.6 is 11.3 Å². The first-order valence-electron chi connectivity index (χ1n) is 10.6. The lowest BCUT2D eigenvalue weighted by Gasteiger charge is -2.31. The highest BCUT2D eigenvalue weighted by Crippen LogP contribution is 2.25. The van der Waals surface area contributed by atoms with Crippen LogP contribution < -0.4 is 16.2 Å². The molecule has 0 aliphatic carbocycles. The van der Waals surface area contributed by atoms with Gasteiger partial charge >= 0.3 is 0 Å². The third kappa shape index (κ3) is 5.66. The van der Waals surface area contributed by atoms with Crippen LogP contribution in [0.2, 0.25) is 0 Å². The molecule has 3 N–H and O–H groups in total. The van der Waals surface area contributed by atoms with Crippen molar-refractivity contribution in [3.05, 3.63) is 26.6 Å². The van der Waals surface area contributed by atoms with Gasteiger partial charge in [-0.05, 0) is 38.7 Å². The van der Waals surface area contributed by atoms with Gasteiger partial charge in [0.2, 0.25) is 11.8 Å². The second kappa shape index (κ2) is 10.2. The summed E-state index contributed by atoms with van der Waals surface area (Å²) < 4.78 is 0. The van der Waals surface area contributed by atoms with E-state index in [-0.39, 0.29) is 29.8 Å². The van der Waals surface area contributed by atoms with E-state index in [9.17, 15) is 14.4 Å². The number of aromatic nitrogens is 2. The minimum atomic E-state index is -0.132. The van der Waals surface area contributed by atoms with Gasteiger partial charge in [-0.2, -0.15) is 0 Å². The number of hydrogen-bond donors (Lipinski definition) is 3. The maximum absolute atomic E-state index is 12.4. The van der Waals surface area contributed by atoms with E-state index in [0.29, 0.717) is 30.7 Å². The number of likely N-dealkylation sites (tertiary alicyclic amines) is 1. The van der Waals surface area contributed by atoms with E-state index in [4.69, 9.17) is 0 Å². The predicted molar refractivity (Wildman–Crippen MR) is 119 cm³/mol. The summed E-state index contributed by atoms with van der Waals surface area (Å²) in [6.07, 6.45) is 3.30. The lowest BCUT2D eigenvalue weighted by atomic mass is 10.0. The van der Waals surface area contributed by atoms with Crippen LogP contribution in [0.5, 0.6) is 0 Å². The Hall–Kier alpha value is -2.26. The zero-order valence-corrected chi connectivity index (χ0v) is 18.8. The molecule has 2 amide bonds. The van der Waals surface area contributed by atoms with E-state index in [0.717, 1.165) is 47.6 Å². The lowest BCUT2D eigenvalue weighted by Crippen LogP contribution is -2.47. The van der Waals surface area contributed by atoms with Gasteiger partial charge in [-0.3, -0.25) is 19.3 Å². The molecule has 3 rings (SSSR count). The molecule has 8 nitrogen and oxygen atoms in total. The van der Waals surface area contributed by atoms with Crippen molar-refractivity contribution >= 4 is 33.4 Å². The number of thiophene rings is 1. The van der Waals surface area contributed by atoms with E-state index in [1.54, 1.807) is 0 Å². The Morgan fingerprint density at radius 3 is 2.67 bits per heavy atom. The molecule has 164 valence electrons. The summed E-state index contributed by atoms with van der Waals surface area (Å²) in [6, 6.07) is 0.129. The number of carbonyl (C=O) groups is 2. The first-order chi connectivity index (χ1) is 14.4. The molecule has 1 aliphatic heterocycles. The predicted octanol–water partition coefficient (Wildman–Crippen LogP) is 1.64. The lowest BCUT2D eigenvalue weighted by molar-refractivity contribution is -0.124. The fourth-order valence-corrected chi connectivity index (χ4v) is 4.76. The zero-order valence-electron chi connectivity index (χ0n) is 18.0. The molecule has 30 heavy (non-hydrogen) atoms. The zero-order chi connectivity index (χ0) is 21.7. The Labute approximate surface area is 180 Å². The number of carbonyl (C=O) groups excluding carboxylic acids is 2. The van der Waals surface area contributed by atoms with Crippen LogP contribution in [0, 0.1) is 13.8 Å². The molecule has 1 aliphatic rings. The van der Waals surface area contributed by atoms with Gasteiger partial charge in [-0.25, -0.2) is 4.98 Å². The molecule has 9 heteroatoms. The van der Waals surface area contributed by atoms with Gasteiger partial charge < -0.3 is 15.6 Å². The van der Waals surface area contributed by atoms with Crippen molar-refractivity contribution in [1.82, 2.24) is 25.5 Å². The second-order valence-corrected chi connectivity index (χ2v) is 9.15. The number of nitrogens with one attached hydrogen (secondary N) is 3. The molecule has 1 saturated heterocycles. The number of piperidine rings is 1. The second-order valence-electron chi connectivity index (χ2n) is 7.94. The summed E-state index contributed by atoms with van der Waals surface area (Å²) >= 11 is 1.51. The SMILES string of the molecule is CCCNC(=O)CN1CCC(NC(=O)CCc2nc3sc(C)c(C)c3c(=O)[nH]2)CC1. The first-order valence-corrected chi connectivity index (χ1v) is 11.5. The van der Waals surface area contributed by atoms with Crippen LogP contribution in [0.4, 0.5) is 0 Å². The van der Waals surface area contributed by atoms with E-state index in [2.05, 4.69) is 25.5 Å². The smallest absolute Gasteiger partial charge is 0.259 e. The maximum atomic E-state index is 12.4. The third-order valence-corrected chi connectivity index (χ3v) is 6.67. The monoisotopic (exact) mass is 433 g/mol. The number of H-pyrrole nitrogens is 1. The van der Waals surface area contributed by atoms with Crippen LogP contribution in [0.15, 0.2) is 4.79 Å². The maximum Gasteiger partial charge on any atom is 0.259 e. The van der Waals surface area contributed by atoms with Crippen molar-refractivity contribution < 1.29 is 9.59 Å². The molecule has 0 spiro atoms. The highest BCUT2D eigenvalue weighted by atomic mass is 32.1. The van der Waals surface area contributed by atoms with Gasteiger partial charge in [0.1, 0.15) is 10.7 Å². The number of aryl methyl sites for hydroxylation is 3. The summed E-state index contributed by atoms with van der Waals surface area (Å²) in [4.78, 5) is 47.8. The van der Waals surface area contributed by atoms with Gasteiger partial charge in [0.05, 0.1) is 11.9 Å². The van der Waals surface area contributed by atoms with Gasteiger partial charge in [-0.15, -0.1) is 11.3 Å². The highest BCUT2D eigenvalue weighted by Gasteiger charge is 2.22. The molecule has 0 atom stereocenters. The summed E-state index contributed by atoms with van der Waals surface area (Å²) in [5.74, 6) is 0.584. The fourth-order valence-electron chi connectivity index (χ4n) is 3.71. The minimum Gasteiger partial charge on any atom is -0.355 e. The van der Waals surface area contributed by atoms with E-state index in [1.165, 1.54) is 11.3 Å². The van der Waals surface area contributed by atoms with Gasteiger partial charge in [0.15, 0.2) is 0 Å². The standard InChI is InChI=1S/C21H31N5O3S/c1-4-9-22-18(28)12-26-10-7-15(8-11-26)23-17(27)6-5-16-24-20(29)19-13(2)14(3)30-21(19)25-16/h15H,4-12H2,1-3H3,(H,22,28)(H,23,27)(H,24,25,29). The number of hydrogen-bond acceptors (Lipinski definition) is 6. The molecule has 3 heterocycles. The van der Waals surface area contributed by atoms with Crippen LogP contribution in [0.25, 0.3) is 10.2 Å². The summed E-state index contributed by atoms with van der Waals surface area (Å²) in [7, 11) is 0. The molecular weight excluding hydrogens is 402 g/mol. The molecule has 0 radical (unpaired) electrons. The number of fused-ring (bicyclic) bond motifs is 1. The molecule has 1 fully saturated rings. The average Bonchev–Trinajstić information content (AvgIpc) is 3.00. The quantitative estimate of drug-likeness (QED) is 0.587. The molecule has 2 aromatic heterocycles. The molecule has 0 bridgehead atoms. The van der Waals surface area contributed by atoms with Crippen molar-refractivity contribution in [2.75, 3.05) is 26.2 Å². The van der Waals surface area contributed by atoms with Crippen molar-refractivity contribution in [1.29, 1.82) is 0 Å². The highest BCUT2D eigenvalue weighted by molar-refractivity contribution is 7.18. The number of nitrogens with zero attached hydrogens (tertiary/aromatic N) is 2. The Morgan fingerprint density at radius 2 is 1.97 bits per heavy atom. The van der Waals surface area contributed by atoms with Crippen LogP contribution in [0.1, 0.15) is 48.9 Å². The number of rotatable bonds is 8. The van der Waals surface area contributed by atoms with Gasteiger partial charge in [0, 0.05) is 43.4 Å². The Bertz CT molecular complexity index is 959. The Balaban J connectivity index is 1.44. The van der Waals surface area contributed by atoms with Crippen molar-refractivity contribution in [2.45, 2.75) is 58.9 Å². The molecule has 0 aromatic carbocycles. The van der Waals surface area contributed by atoms with E-state index in [1.807, 2.05) is 20.8 Å². The van der Waals surface area contributed by atoms with Gasteiger partial charge in [-0.1, -0.05) is 6.92 Å². The largest absolute Gasteiger partial charge is 0.355 e. The summed E-state index contributed by atoms with van der Waals surface area (Å²) in [5.41, 5.74) is 0.842. The van der Waals surface area contributed by atoms with Crippen molar-refractivity contribution in [3.8, 4) is 0 Å². The van der Waals surface area contributed by atoms with Gasteiger partial charge in [0.25, 0.3) is 5.56 Å². The number of amides is 2. The molecule has 0 saturated carbocycles. The first kappa shape index (κ1) is 22.4. The van der Waals surface area contributed by atoms with Crippen LogP contribution in [0.3, 0.4) is 0 Å². The minimum absolute atomic E-state index is 0.0320. The topological polar surface area (TPSA) is 107 Å². The summed E-state index contributed by atoms with van der Waals surface area (Å²) in [6.45, 7) is 8.68. The normalized spacial score (nSPS) is 15.4. The molecule has 2 aromatic rings. The summed E-state index contributed by atoms with van der Waals surface area (Å²) in [5, 5.41) is 6.63. The molecular formula is C21H31N5O3S. The van der Waals surface area contributed by atoms with Crippen molar-refractivity contribution in [2.24, 2.45) is 0 Å². The number of aromatic amines is 1. The fraction of sp³-hybridized carbons (Fsp3) is 0.619. The van der Waals surface area contributed by atoms with Crippen LogP contribution in [-0.4, -0.2) is 58.9 Å². The van der Waals surface area contributed by atoms with E-state index < -0.39 is 0 Å². The van der Waals surface area contributed by atoms with Crippen LogP contribution in [-0.2, 0) is 16.0 Å². The molecule has 0 unspecified atom stereocenters.